The number of nitrogens with zero attached hydrogens (tertiary/aromatic N) is 2. The standard InChI is InChI=1S/C9H8N4O3S/c1-4-3-17-7(9(15)16)6(4)11-8(14)5-2-10-13-12-5/h2-3H,1H3,(H,11,14)(H,15,16)(H,10,12,13). The predicted molar refractivity (Wildman–Crippen MR) is 60.4 cm³/mol. The van der Waals surface area contributed by atoms with Crippen molar-refractivity contribution in [3.05, 3.63) is 27.7 Å². The van der Waals surface area contributed by atoms with Gasteiger partial charge in [0, 0.05) is 0 Å². The Hall–Kier alpha value is -2.22. The van der Waals surface area contributed by atoms with Crippen molar-refractivity contribution in [2.45, 2.75) is 6.92 Å². The number of carbonyl (C=O) groups excluding carboxylic acids is 1. The Kier molecular flexibility index (Phi) is 2.88. The molecule has 0 aromatic carbocycles. The summed E-state index contributed by atoms with van der Waals surface area (Å²) >= 11 is 1.07. The molecule has 0 aliphatic heterocycles. The van der Waals surface area contributed by atoms with Gasteiger partial charge in [0.2, 0.25) is 0 Å². The fourth-order valence-electron chi connectivity index (χ4n) is 1.25. The maximum absolute atomic E-state index is 11.7. The number of hydrogen-bond donors (Lipinski definition) is 3. The SMILES string of the molecule is Cc1csc(C(=O)O)c1NC(=O)c1cn[nH]n1. The third kappa shape index (κ3) is 2.16. The third-order valence-corrected chi connectivity index (χ3v) is 3.14. The van der Waals surface area contributed by atoms with Gasteiger partial charge in [0.05, 0.1) is 11.9 Å². The molecule has 2 heterocycles. The Bertz CT molecular complexity index is 561. The highest BCUT2D eigenvalue weighted by atomic mass is 32.1. The molecule has 17 heavy (non-hydrogen) atoms. The fourth-order valence-corrected chi connectivity index (χ4v) is 2.09. The van der Waals surface area contributed by atoms with Gasteiger partial charge < -0.3 is 10.4 Å². The van der Waals surface area contributed by atoms with Crippen LogP contribution in [0.1, 0.15) is 25.7 Å². The molecule has 0 saturated heterocycles. The summed E-state index contributed by atoms with van der Waals surface area (Å²) in [5.41, 5.74) is 1.10. The molecular weight excluding hydrogens is 244 g/mol. The number of anilines is 1. The zero-order valence-corrected chi connectivity index (χ0v) is 9.54. The van der Waals surface area contributed by atoms with E-state index in [0.29, 0.717) is 11.3 Å². The second-order valence-electron chi connectivity index (χ2n) is 3.24. The molecule has 3 N–H and O–H groups in total. The predicted octanol–water partition coefficient (Wildman–Crippen LogP) is 1.13. The number of hydrogen-bond acceptors (Lipinski definition) is 5. The first-order valence-electron chi connectivity index (χ1n) is 4.58. The van der Waals surface area contributed by atoms with Crippen molar-refractivity contribution in [3.8, 4) is 0 Å². The minimum Gasteiger partial charge on any atom is -0.477 e. The number of H-pyrrole nitrogens is 1. The molecule has 8 heteroatoms. The second-order valence-corrected chi connectivity index (χ2v) is 4.12. The lowest BCUT2D eigenvalue weighted by Crippen LogP contribution is -2.14. The molecule has 1 amide bonds. The van der Waals surface area contributed by atoms with Crippen LogP contribution in [0.5, 0.6) is 0 Å². The number of aromatic amines is 1. The molecule has 0 aliphatic carbocycles. The topological polar surface area (TPSA) is 108 Å². The van der Waals surface area contributed by atoms with E-state index in [9.17, 15) is 9.59 Å². The van der Waals surface area contributed by atoms with Gasteiger partial charge in [-0.05, 0) is 17.9 Å². The highest BCUT2D eigenvalue weighted by Crippen LogP contribution is 2.27. The van der Waals surface area contributed by atoms with Gasteiger partial charge in [-0.2, -0.15) is 15.4 Å². The zero-order chi connectivity index (χ0) is 12.4. The van der Waals surface area contributed by atoms with Crippen LogP contribution in [0.25, 0.3) is 0 Å². The van der Waals surface area contributed by atoms with Crippen LogP contribution in [0.3, 0.4) is 0 Å². The molecule has 0 bridgehead atoms. The average molecular weight is 252 g/mol. The van der Waals surface area contributed by atoms with Crippen LogP contribution in [0.4, 0.5) is 5.69 Å². The second kappa shape index (κ2) is 4.34. The molecule has 0 aliphatic rings. The summed E-state index contributed by atoms with van der Waals surface area (Å²) in [7, 11) is 0. The van der Waals surface area contributed by atoms with Gasteiger partial charge >= 0.3 is 5.97 Å². The molecule has 0 atom stereocenters. The lowest BCUT2D eigenvalue weighted by atomic mass is 10.2. The summed E-state index contributed by atoms with van der Waals surface area (Å²) in [4.78, 5) is 22.7. The van der Waals surface area contributed by atoms with Gasteiger partial charge in [-0.15, -0.1) is 11.3 Å². The van der Waals surface area contributed by atoms with Crippen molar-refractivity contribution in [2.75, 3.05) is 5.32 Å². The molecule has 2 aromatic rings. The maximum Gasteiger partial charge on any atom is 0.348 e. The van der Waals surface area contributed by atoms with Crippen LogP contribution in [-0.2, 0) is 0 Å². The van der Waals surface area contributed by atoms with E-state index in [1.165, 1.54) is 6.20 Å². The van der Waals surface area contributed by atoms with Crippen molar-refractivity contribution in [1.29, 1.82) is 0 Å². The van der Waals surface area contributed by atoms with Gasteiger partial charge in [-0.1, -0.05) is 0 Å². The number of thiophene rings is 1. The van der Waals surface area contributed by atoms with E-state index < -0.39 is 11.9 Å². The van der Waals surface area contributed by atoms with Crippen molar-refractivity contribution < 1.29 is 14.7 Å². The fraction of sp³-hybridized carbons (Fsp3) is 0.111. The Morgan fingerprint density at radius 2 is 2.29 bits per heavy atom. The number of amides is 1. The monoisotopic (exact) mass is 252 g/mol. The summed E-state index contributed by atoms with van der Waals surface area (Å²) in [5.74, 6) is -1.57. The van der Waals surface area contributed by atoms with Gasteiger partial charge in [-0.25, -0.2) is 4.79 Å². The van der Waals surface area contributed by atoms with Gasteiger partial charge in [-0.3, -0.25) is 4.79 Å². The first-order chi connectivity index (χ1) is 8.09. The highest BCUT2D eigenvalue weighted by Gasteiger charge is 2.18. The largest absolute Gasteiger partial charge is 0.477 e. The molecule has 0 fully saturated rings. The van der Waals surface area contributed by atoms with Crippen LogP contribution < -0.4 is 5.32 Å². The van der Waals surface area contributed by atoms with Crippen LogP contribution in [-0.4, -0.2) is 32.4 Å². The molecule has 7 nitrogen and oxygen atoms in total. The highest BCUT2D eigenvalue weighted by molar-refractivity contribution is 7.12. The summed E-state index contributed by atoms with van der Waals surface area (Å²) in [6.07, 6.45) is 1.26. The molecule has 0 radical (unpaired) electrons. The van der Waals surface area contributed by atoms with E-state index >= 15 is 0 Å². The quantitative estimate of drug-likeness (QED) is 0.758. The average Bonchev–Trinajstić information content (AvgIpc) is 2.89. The number of aromatic nitrogens is 3. The summed E-state index contributed by atoms with van der Waals surface area (Å²) in [6, 6.07) is 0. The first-order valence-corrected chi connectivity index (χ1v) is 5.46. The Morgan fingerprint density at radius 3 is 2.88 bits per heavy atom. The molecule has 0 unspecified atom stereocenters. The Labute approximate surface area is 99.5 Å². The van der Waals surface area contributed by atoms with Gasteiger partial charge in [0.25, 0.3) is 5.91 Å². The van der Waals surface area contributed by atoms with Crippen LogP contribution >= 0.6 is 11.3 Å². The smallest absolute Gasteiger partial charge is 0.348 e. The lowest BCUT2D eigenvalue weighted by Gasteiger charge is -2.03. The zero-order valence-electron chi connectivity index (χ0n) is 8.72. The number of nitrogens with one attached hydrogen (secondary N) is 2. The maximum atomic E-state index is 11.7. The minimum atomic E-state index is -1.07. The van der Waals surface area contributed by atoms with Gasteiger partial charge in [0.1, 0.15) is 4.88 Å². The molecule has 0 saturated carbocycles. The molecule has 0 spiro atoms. The number of carboxylic acids is 1. The van der Waals surface area contributed by atoms with Crippen molar-refractivity contribution >= 4 is 28.9 Å². The normalized spacial score (nSPS) is 10.2. The summed E-state index contributed by atoms with van der Waals surface area (Å²) in [6.45, 7) is 1.72. The van der Waals surface area contributed by atoms with Crippen molar-refractivity contribution in [2.24, 2.45) is 0 Å². The lowest BCUT2D eigenvalue weighted by molar-refractivity contribution is 0.0703. The number of aromatic carboxylic acids is 1. The molecule has 2 rings (SSSR count). The number of carbonyl (C=O) groups is 2. The Balaban J connectivity index is 2.27. The van der Waals surface area contributed by atoms with E-state index in [1.807, 2.05) is 0 Å². The van der Waals surface area contributed by atoms with Crippen LogP contribution in [0.2, 0.25) is 0 Å². The van der Waals surface area contributed by atoms with Crippen LogP contribution in [0, 0.1) is 6.92 Å². The number of aryl methyl sites for hydroxylation is 1. The van der Waals surface area contributed by atoms with E-state index in [4.69, 9.17) is 5.11 Å². The third-order valence-electron chi connectivity index (χ3n) is 2.06. The first kappa shape index (κ1) is 11.3. The molecule has 88 valence electrons. The summed E-state index contributed by atoms with van der Waals surface area (Å²) in [5, 5.41) is 22.5. The van der Waals surface area contributed by atoms with Gasteiger partial charge in [0.15, 0.2) is 5.69 Å². The van der Waals surface area contributed by atoms with Crippen LogP contribution in [0.15, 0.2) is 11.6 Å². The summed E-state index contributed by atoms with van der Waals surface area (Å²) < 4.78 is 0. The number of carboxylic acid groups (broad SMARTS) is 1. The molecular formula is C9H8N4O3S. The van der Waals surface area contributed by atoms with Crippen molar-refractivity contribution in [1.82, 2.24) is 15.4 Å². The minimum absolute atomic E-state index is 0.0966. The number of rotatable bonds is 3. The molecule has 2 aromatic heterocycles. The van der Waals surface area contributed by atoms with E-state index in [-0.39, 0.29) is 10.6 Å². The van der Waals surface area contributed by atoms with E-state index in [0.717, 1.165) is 11.3 Å². The van der Waals surface area contributed by atoms with Crippen molar-refractivity contribution in [3.63, 3.8) is 0 Å². The van der Waals surface area contributed by atoms with E-state index in [2.05, 4.69) is 20.7 Å². The Morgan fingerprint density at radius 1 is 1.53 bits per heavy atom. The van der Waals surface area contributed by atoms with E-state index in [1.54, 1.807) is 12.3 Å².